The summed E-state index contributed by atoms with van der Waals surface area (Å²) in [5, 5.41) is 0. The minimum atomic E-state index is -3.77. The van der Waals surface area contributed by atoms with Crippen molar-refractivity contribution in [3.05, 3.63) is 28.7 Å². The van der Waals surface area contributed by atoms with Crippen molar-refractivity contribution in [1.82, 2.24) is 14.6 Å². The summed E-state index contributed by atoms with van der Waals surface area (Å²) < 4.78 is 27.0. The van der Waals surface area contributed by atoms with Gasteiger partial charge in [0.25, 0.3) is 0 Å². The fourth-order valence-corrected chi connectivity index (χ4v) is 3.90. The normalized spacial score (nSPS) is 18.6. The first-order valence-electron chi connectivity index (χ1n) is 6.72. The van der Waals surface area contributed by atoms with Crippen LogP contribution in [0.3, 0.4) is 0 Å². The number of aromatic amines is 1. The molecule has 0 unspecified atom stereocenters. The first-order valence-corrected chi connectivity index (χ1v) is 8.20. The van der Waals surface area contributed by atoms with Gasteiger partial charge in [-0.15, -0.1) is 0 Å². The Morgan fingerprint density at radius 3 is 2.55 bits per heavy atom. The molecule has 0 aromatic carbocycles. The van der Waals surface area contributed by atoms with Gasteiger partial charge in [-0.3, -0.25) is 4.79 Å². The smallest absolute Gasteiger partial charge is 0.245 e. The van der Waals surface area contributed by atoms with Crippen LogP contribution in [0.25, 0.3) is 0 Å². The van der Waals surface area contributed by atoms with E-state index in [0.717, 1.165) is 25.7 Å². The molecule has 2 rings (SSSR count). The van der Waals surface area contributed by atoms with Gasteiger partial charge in [-0.1, -0.05) is 12.8 Å². The molecule has 7 heteroatoms. The van der Waals surface area contributed by atoms with Gasteiger partial charge < -0.3 is 9.88 Å². The molecule has 0 amide bonds. The lowest BCUT2D eigenvalue weighted by Gasteiger charge is -2.36. The van der Waals surface area contributed by atoms with Crippen LogP contribution in [0, 0.1) is 0 Å². The third kappa shape index (κ3) is 2.94. The van der Waals surface area contributed by atoms with E-state index in [1.165, 1.54) is 18.5 Å². The average Bonchev–Trinajstić information content (AvgIpc) is 2.87. The Morgan fingerprint density at radius 2 is 2.00 bits per heavy atom. The number of hydrogen-bond acceptors (Lipinski definition) is 4. The van der Waals surface area contributed by atoms with Gasteiger partial charge in [0.1, 0.15) is 4.90 Å². The fourth-order valence-electron chi connectivity index (χ4n) is 2.73. The van der Waals surface area contributed by atoms with E-state index in [1.54, 1.807) is 0 Å². The van der Waals surface area contributed by atoms with E-state index in [-0.39, 0.29) is 10.4 Å². The van der Waals surface area contributed by atoms with Crippen LogP contribution in [0.2, 0.25) is 0 Å². The van der Waals surface area contributed by atoms with Crippen molar-refractivity contribution in [2.75, 3.05) is 20.6 Å². The molecule has 1 aromatic heterocycles. The Labute approximate surface area is 119 Å². The molecule has 1 aromatic rings. The zero-order valence-corrected chi connectivity index (χ0v) is 12.7. The van der Waals surface area contributed by atoms with Gasteiger partial charge in [0, 0.05) is 30.5 Å². The van der Waals surface area contributed by atoms with Crippen LogP contribution in [0.5, 0.6) is 0 Å². The maximum Gasteiger partial charge on any atom is 0.245 e. The Bertz CT molecular complexity index is 616. The number of rotatable bonds is 5. The van der Waals surface area contributed by atoms with E-state index in [1.807, 2.05) is 14.1 Å². The van der Waals surface area contributed by atoms with Crippen LogP contribution < -0.4 is 10.2 Å². The maximum absolute atomic E-state index is 12.2. The fraction of sp³-hybridized carbons (Fsp3) is 0.615. The van der Waals surface area contributed by atoms with Gasteiger partial charge >= 0.3 is 0 Å². The number of aromatic nitrogens is 1. The Balaban J connectivity index is 2.18. The van der Waals surface area contributed by atoms with Crippen LogP contribution in [0.1, 0.15) is 25.7 Å². The molecule has 6 nitrogen and oxygen atoms in total. The summed E-state index contributed by atoms with van der Waals surface area (Å²) in [5.74, 6) is 0. The predicted molar refractivity (Wildman–Crippen MR) is 77.1 cm³/mol. The lowest BCUT2D eigenvalue weighted by molar-refractivity contribution is 0.162. The first kappa shape index (κ1) is 15.2. The number of hydrogen-bond donors (Lipinski definition) is 2. The minimum absolute atomic E-state index is 0.144. The van der Waals surface area contributed by atoms with E-state index in [4.69, 9.17) is 0 Å². The summed E-state index contributed by atoms with van der Waals surface area (Å²) in [5.41, 5.74) is -0.643. The Kier molecular flexibility index (Phi) is 4.31. The van der Waals surface area contributed by atoms with Gasteiger partial charge in [0.15, 0.2) is 0 Å². The molecule has 0 saturated heterocycles. The molecule has 1 saturated carbocycles. The number of nitrogens with zero attached hydrogens (tertiary/aromatic N) is 1. The van der Waals surface area contributed by atoms with E-state index in [9.17, 15) is 13.2 Å². The second-order valence-corrected chi connectivity index (χ2v) is 7.26. The molecule has 1 heterocycles. The zero-order chi connectivity index (χ0) is 14.8. The summed E-state index contributed by atoms with van der Waals surface area (Å²) >= 11 is 0. The first-order chi connectivity index (χ1) is 9.37. The van der Waals surface area contributed by atoms with Crippen LogP contribution in [0.15, 0.2) is 28.2 Å². The van der Waals surface area contributed by atoms with Crippen molar-refractivity contribution in [3.8, 4) is 0 Å². The topological polar surface area (TPSA) is 82.3 Å². The molecule has 0 aliphatic heterocycles. The van der Waals surface area contributed by atoms with Crippen molar-refractivity contribution in [3.63, 3.8) is 0 Å². The molecule has 0 atom stereocenters. The molecular formula is C13H21N3O3S. The molecule has 2 N–H and O–H groups in total. The highest BCUT2D eigenvalue weighted by atomic mass is 32.2. The highest BCUT2D eigenvalue weighted by molar-refractivity contribution is 7.89. The Hall–Kier alpha value is -1.18. The van der Waals surface area contributed by atoms with Crippen molar-refractivity contribution in [1.29, 1.82) is 0 Å². The van der Waals surface area contributed by atoms with E-state index >= 15 is 0 Å². The molecule has 1 aliphatic rings. The van der Waals surface area contributed by atoms with Crippen LogP contribution in [-0.2, 0) is 10.0 Å². The van der Waals surface area contributed by atoms with Crippen molar-refractivity contribution >= 4 is 10.0 Å². The van der Waals surface area contributed by atoms with Crippen molar-refractivity contribution in [2.24, 2.45) is 0 Å². The van der Waals surface area contributed by atoms with Crippen LogP contribution in [0.4, 0.5) is 0 Å². The quantitative estimate of drug-likeness (QED) is 0.831. The number of H-pyrrole nitrogens is 1. The van der Waals surface area contributed by atoms with Crippen molar-refractivity contribution < 1.29 is 8.42 Å². The second-order valence-electron chi connectivity index (χ2n) is 5.52. The van der Waals surface area contributed by atoms with E-state index in [0.29, 0.717) is 6.54 Å². The number of sulfonamides is 1. The predicted octanol–water partition coefficient (Wildman–Crippen LogP) is 0.528. The zero-order valence-electron chi connectivity index (χ0n) is 11.8. The molecule has 20 heavy (non-hydrogen) atoms. The highest BCUT2D eigenvalue weighted by Gasteiger charge is 2.37. The van der Waals surface area contributed by atoms with Crippen LogP contribution in [-0.4, -0.2) is 44.5 Å². The third-order valence-electron chi connectivity index (χ3n) is 4.15. The van der Waals surface area contributed by atoms with E-state index < -0.39 is 15.5 Å². The van der Waals surface area contributed by atoms with Crippen LogP contribution >= 0.6 is 0 Å². The lowest BCUT2D eigenvalue weighted by Crippen LogP contribution is -2.51. The SMILES string of the molecule is CN(C)C1(CNS(=O)(=O)c2c[nH]ccc2=O)CCCC1. The summed E-state index contributed by atoms with van der Waals surface area (Å²) in [7, 11) is 0.164. The monoisotopic (exact) mass is 299 g/mol. The lowest BCUT2D eigenvalue weighted by atomic mass is 9.97. The summed E-state index contributed by atoms with van der Waals surface area (Å²) in [6.07, 6.45) is 6.78. The minimum Gasteiger partial charge on any atom is -0.366 e. The largest absolute Gasteiger partial charge is 0.366 e. The van der Waals surface area contributed by atoms with Crippen molar-refractivity contribution in [2.45, 2.75) is 36.1 Å². The molecule has 112 valence electrons. The molecule has 1 aliphatic carbocycles. The van der Waals surface area contributed by atoms with Gasteiger partial charge in [-0.2, -0.15) is 0 Å². The number of nitrogens with one attached hydrogen (secondary N) is 2. The third-order valence-corrected chi connectivity index (χ3v) is 5.57. The highest BCUT2D eigenvalue weighted by Crippen LogP contribution is 2.33. The molecular weight excluding hydrogens is 278 g/mol. The van der Waals surface area contributed by atoms with Gasteiger partial charge in [0.05, 0.1) is 0 Å². The number of pyridine rings is 1. The molecule has 0 spiro atoms. The molecule has 1 fully saturated rings. The molecule has 0 bridgehead atoms. The van der Waals surface area contributed by atoms with Gasteiger partial charge in [0.2, 0.25) is 15.5 Å². The molecule has 0 radical (unpaired) electrons. The van der Waals surface area contributed by atoms with E-state index in [2.05, 4.69) is 14.6 Å². The maximum atomic E-state index is 12.2. The summed E-state index contributed by atoms with van der Waals surface area (Å²) in [6.45, 7) is 0.330. The average molecular weight is 299 g/mol. The standard InChI is InChI=1S/C13H21N3O3S/c1-16(2)13(6-3-4-7-13)10-15-20(18,19)12-9-14-8-5-11(12)17/h5,8-9,15H,3-4,6-7,10H2,1-2H3,(H,14,17). The van der Waals surface area contributed by atoms with Gasteiger partial charge in [-0.05, 0) is 26.9 Å². The Morgan fingerprint density at radius 1 is 1.35 bits per heavy atom. The second kappa shape index (κ2) is 5.67. The van der Waals surface area contributed by atoms with Gasteiger partial charge in [-0.25, -0.2) is 13.1 Å². The summed E-state index contributed by atoms with van der Waals surface area (Å²) in [4.78, 5) is 16.1. The summed E-state index contributed by atoms with van der Waals surface area (Å²) in [6, 6.07) is 1.21. The number of likely N-dealkylation sites (N-methyl/N-ethyl adjacent to an activating group) is 1.